The average molecular weight is 373 g/mol. The van der Waals surface area contributed by atoms with Crippen LogP contribution in [-0.4, -0.2) is 29.9 Å². The van der Waals surface area contributed by atoms with E-state index in [1.54, 1.807) is 6.07 Å². The second-order valence-electron chi connectivity index (χ2n) is 8.21. The van der Waals surface area contributed by atoms with Crippen LogP contribution in [0, 0.1) is 16.7 Å². The van der Waals surface area contributed by atoms with Crippen molar-refractivity contribution < 1.29 is 19.1 Å². The topological polar surface area (TPSA) is 108 Å². The molecule has 7 nitrogen and oxygen atoms in total. The van der Waals surface area contributed by atoms with E-state index >= 15 is 0 Å². The Morgan fingerprint density at radius 2 is 1.63 bits per heavy atom. The Bertz CT molecular complexity index is 725. The molecule has 0 aliphatic carbocycles. The molecule has 0 radical (unpaired) electrons. The lowest BCUT2D eigenvalue weighted by Crippen LogP contribution is -2.47. The summed E-state index contributed by atoms with van der Waals surface area (Å²) in [5.74, 6) is -1.42. The smallest absolute Gasteiger partial charge is 0.338 e. The zero-order chi connectivity index (χ0) is 20.7. The van der Waals surface area contributed by atoms with Gasteiger partial charge in [-0.1, -0.05) is 20.8 Å². The predicted molar refractivity (Wildman–Crippen MR) is 102 cm³/mol. The van der Waals surface area contributed by atoms with Gasteiger partial charge in [0.2, 0.25) is 5.91 Å². The highest BCUT2D eigenvalue weighted by Gasteiger charge is 2.27. The first-order chi connectivity index (χ1) is 12.4. The van der Waals surface area contributed by atoms with Crippen LogP contribution in [0.2, 0.25) is 0 Å². The van der Waals surface area contributed by atoms with Crippen LogP contribution >= 0.6 is 0 Å². The highest BCUT2D eigenvalue weighted by molar-refractivity contribution is 5.94. The number of carbonyl (C=O) groups is 3. The highest BCUT2D eigenvalue weighted by atomic mass is 16.5. The molecule has 146 valence electrons. The molecule has 2 amide bonds. The minimum absolute atomic E-state index is 0.0534. The fraction of sp³-hybridized carbons (Fsp3) is 0.500. The Hall–Kier alpha value is -2.88. The SMILES string of the molecule is CC(C)(C)CC(C)(C)NC(=O)COC(=O)c1ccc(NC(=O)CC#N)cc1. The van der Waals surface area contributed by atoms with Gasteiger partial charge in [0.05, 0.1) is 11.6 Å². The van der Waals surface area contributed by atoms with Gasteiger partial charge >= 0.3 is 5.97 Å². The monoisotopic (exact) mass is 373 g/mol. The number of nitrogens with zero attached hydrogens (tertiary/aromatic N) is 1. The van der Waals surface area contributed by atoms with Crippen LogP contribution in [-0.2, 0) is 14.3 Å². The quantitative estimate of drug-likeness (QED) is 0.714. The number of nitriles is 1. The van der Waals surface area contributed by atoms with Crippen molar-refractivity contribution in [3.8, 4) is 6.07 Å². The maximum atomic E-state index is 12.1. The molecule has 0 unspecified atom stereocenters. The zero-order valence-electron chi connectivity index (χ0n) is 16.5. The Kier molecular flexibility index (Phi) is 7.53. The predicted octanol–water partition coefficient (Wildman–Crippen LogP) is 3.03. The van der Waals surface area contributed by atoms with Crippen LogP contribution in [0.15, 0.2) is 24.3 Å². The van der Waals surface area contributed by atoms with Gasteiger partial charge in [-0.2, -0.15) is 5.26 Å². The highest BCUT2D eigenvalue weighted by Crippen LogP contribution is 2.26. The number of anilines is 1. The summed E-state index contributed by atoms with van der Waals surface area (Å²) in [4.78, 5) is 35.4. The van der Waals surface area contributed by atoms with Crippen molar-refractivity contribution in [3.05, 3.63) is 29.8 Å². The number of ether oxygens (including phenoxy) is 1. The summed E-state index contributed by atoms with van der Waals surface area (Å²) < 4.78 is 5.04. The Morgan fingerprint density at radius 3 is 2.15 bits per heavy atom. The molecule has 0 spiro atoms. The first-order valence-corrected chi connectivity index (χ1v) is 8.67. The van der Waals surface area contributed by atoms with Crippen molar-refractivity contribution in [3.63, 3.8) is 0 Å². The fourth-order valence-electron chi connectivity index (χ4n) is 2.96. The Morgan fingerprint density at radius 1 is 1.04 bits per heavy atom. The van der Waals surface area contributed by atoms with Crippen molar-refractivity contribution >= 4 is 23.5 Å². The van der Waals surface area contributed by atoms with Gasteiger partial charge in [0.25, 0.3) is 5.91 Å². The van der Waals surface area contributed by atoms with Crippen molar-refractivity contribution in [2.45, 2.75) is 53.0 Å². The third kappa shape index (κ3) is 8.86. The first kappa shape index (κ1) is 22.2. The van der Waals surface area contributed by atoms with E-state index in [1.165, 1.54) is 24.3 Å². The molecule has 2 N–H and O–H groups in total. The number of amides is 2. The van der Waals surface area contributed by atoms with Crippen molar-refractivity contribution in [2.75, 3.05) is 11.9 Å². The summed E-state index contributed by atoms with van der Waals surface area (Å²) in [5.41, 5.74) is 0.367. The molecule has 0 bridgehead atoms. The largest absolute Gasteiger partial charge is 0.452 e. The lowest BCUT2D eigenvalue weighted by Gasteiger charge is -2.33. The number of hydrogen-bond donors (Lipinski definition) is 2. The van der Waals surface area contributed by atoms with Gasteiger partial charge in [0.1, 0.15) is 6.42 Å². The molecule has 0 atom stereocenters. The van der Waals surface area contributed by atoms with Crippen molar-refractivity contribution in [1.29, 1.82) is 5.26 Å². The van der Waals surface area contributed by atoms with Crippen molar-refractivity contribution in [1.82, 2.24) is 5.32 Å². The maximum absolute atomic E-state index is 12.1. The molecular formula is C20H27N3O4. The van der Waals surface area contributed by atoms with E-state index in [0.29, 0.717) is 5.69 Å². The minimum atomic E-state index is -0.631. The van der Waals surface area contributed by atoms with E-state index in [1.807, 2.05) is 13.8 Å². The Balaban J connectivity index is 2.53. The third-order valence-electron chi connectivity index (χ3n) is 3.43. The lowest BCUT2D eigenvalue weighted by atomic mass is 9.82. The number of carbonyl (C=O) groups excluding carboxylic acids is 3. The first-order valence-electron chi connectivity index (χ1n) is 8.67. The molecule has 0 aliphatic rings. The number of benzene rings is 1. The van der Waals surface area contributed by atoms with Crippen LogP contribution in [0.4, 0.5) is 5.69 Å². The molecule has 0 heterocycles. The second-order valence-corrected chi connectivity index (χ2v) is 8.21. The molecule has 7 heteroatoms. The number of rotatable bonds is 7. The maximum Gasteiger partial charge on any atom is 0.338 e. The van der Waals surface area contributed by atoms with E-state index in [2.05, 4.69) is 31.4 Å². The number of nitrogens with one attached hydrogen (secondary N) is 2. The second kappa shape index (κ2) is 9.17. The van der Waals surface area contributed by atoms with Gasteiger partial charge in [0.15, 0.2) is 6.61 Å². The molecule has 1 aromatic carbocycles. The molecule has 0 saturated carbocycles. The van der Waals surface area contributed by atoms with Gasteiger partial charge < -0.3 is 15.4 Å². The number of hydrogen-bond acceptors (Lipinski definition) is 5. The third-order valence-corrected chi connectivity index (χ3v) is 3.43. The van der Waals surface area contributed by atoms with Crippen LogP contribution < -0.4 is 10.6 Å². The van der Waals surface area contributed by atoms with Crippen LogP contribution in [0.1, 0.15) is 57.8 Å². The van der Waals surface area contributed by atoms with Crippen LogP contribution in [0.5, 0.6) is 0 Å². The molecule has 1 rings (SSSR count). The normalized spacial score (nSPS) is 11.3. The zero-order valence-corrected chi connectivity index (χ0v) is 16.5. The summed E-state index contributed by atoms with van der Waals surface area (Å²) in [7, 11) is 0. The molecule has 0 aromatic heterocycles. The fourth-order valence-corrected chi connectivity index (χ4v) is 2.96. The van der Waals surface area contributed by atoms with Gasteiger partial charge in [-0.25, -0.2) is 4.79 Å². The summed E-state index contributed by atoms with van der Waals surface area (Å²) in [6.45, 7) is 9.76. The van der Waals surface area contributed by atoms with Crippen LogP contribution in [0.25, 0.3) is 0 Å². The van der Waals surface area contributed by atoms with E-state index in [4.69, 9.17) is 10.00 Å². The summed E-state index contributed by atoms with van der Waals surface area (Å²) in [5, 5.41) is 13.9. The van der Waals surface area contributed by atoms with Gasteiger partial charge in [-0.15, -0.1) is 0 Å². The number of esters is 1. The minimum Gasteiger partial charge on any atom is -0.452 e. The molecule has 0 saturated heterocycles. The average Bonchev–Trinajstić information content (AvgIpc) is 2.50. The molecule has 0 fully saturated rings. The lowest BCUT2D eigenvalue weighted by molar-refractivity contribution is -0.126. The van der Waals surface area contributed by atoms with Gasteiger partial charge in [-0.3, -0.25) is 9.59 Å². The van der Waals surface area contributed by atoms with Crippen LogP contribution in [0.3, 0.4) is 0 Å². The van der Waals surface area contributed by atoms with Gasteiger partial charge in [0, 0.05) is 11.2 Å². The molecule has 0 aliphatic heterocycles. The van der Waals surface area contributed by atoms with Crippen molar-refractivity contribution in [2.24, 2.45) is 5.41 Å². The summed E-state index contributed by atoms with van der Waals surface area (Å²) in [6.07, 6.45) is 0.531. The summed E-state index contributed by atoms with van der Waals surface area (Å²) in [6, 6.07) is 7.76. The van der Waals surface area contributed by atoms with Gasteiger partial charge in [-0.05, 0) is 49.9 Å². The standard InChI is InChI=1S/C20H27N3O4/c1-19(2,3)13-20(4,5)23-17(25)12-27-18(26)14-6-8-15(9-7-14)22-16(24)10-11-21/h6-9H,10,12-13H2,1-5H3,(H,22,24)(H,23,25). The Labute approximate surface area is 160 Å². The van der Waals surface area contributed by atoms with E-state index in [-0.39, 0.29) is 29.9 Å². The summed E-state index contributed by atoms with van der Waals surface area (Å²) >= 11 is 0. The van der Waals surface area contributed by atoms with E-state index < -0.39 is 17.4 Å². The molecule has 1 aromatic rings. The van der Waals surface area contributed by atoms with E-state index in [9.17, 15) is 14.4 Å². The van der Waals surface area contributed by atoms with E-state index in [0.717, 1.165) is 6.42 Å². The molecular weight excluding hydrogens is 346 g/mol. The molecule has 27 heavy (non-hydrogen) atoms.